The van der Waals surface area contributed by atoms with Gasteiger partial charge in [0.25, 0.3) is 11.8 Å². The summed E-state index contributed by atoms with van der Waals surface area (Å²) in [5.74, 6) is -2.09. The van der Waals surface area contributed by atoms with E-state index in [-0.39, 0.29) is 42.5 Å². The smallest absolute Gasteiger partial charge is 0.407 e. The first-order valence-corrected chi connectivity index (χ1v) is 14.0. The normalized spacial score (nSPS) is 23.5. The second-order valence-corrected chi connectivity index (χ2v) is 11.9. The molecule has 3 saturated heterocycles. The van der Waals surface area contributed by atoms with Crippen LogP contribution in [-0.4, -0.2) is 114 Å². The summed E-state index contributed by atoms with van der Waals surface area (Å²) >= 11 is 0. The molecular weight excluding hydrogens is 532 g/mol. The first kappa shape index (κ1) is 28.5. The van der Waals surface area contributed by atoms with Crippen LogP contribution in [0.2, 0.25) is 0 Å². The molecule has 13 heteroatoms. The van der Waals surface area contributed by atoms with Crippen molar-refractivity contribution in [3.05, 3.63) is 29.3 Å². The number of ether oxygens (including phenoxy) is 1. The first-order chi connectivity index (χ1) is 19.4. The summed E-state index contributed by atoms with van der Waals surface area (Å²) in [6.07, 6.45) is 0.388. The maximum atomic E-state index is 13.2. The molecule has 4 aliphatic rings. The molecule has 13 nitrogen and oxygen atoms in total. The van der Waals surface area contributed by atoms with E-state index in [4.69, 9.17) is 4.74 Å². The number of anilines is 1. The Kier molecular flexibility index (Phi) is 7.73. The lowest BCUT2D eigenvalue weighted by molar-refractivity contribution is -0.136. The van der Waals surface area contributed by atoms with Crippen LogP contribution in [0.4, 0.5) is 10.5 Å². The van der Waals surface area contributed by atoms with Crippen LogP contribution in [0.15, 0.2) is 18.2 Å². The van der Waals surface area contributed by atoms with E-state index in [2.05, 4.69) is 20.4 Å². The van der Waals surface area contributed by atoms with Gasteiger partial charge in [-0.05, 0) is 51.8 Å². The number of benzene rings is 1. The topological polar surface area (TPSA) is 149 Å². The molecule has 0 saturated carbocycles. The zero-order valence-electron chi connectivity index (χ0n) is 23.6. The highest BCUT2D eigenvalue weighted by atomic mass is 16.6. The number of amides is 6. The van der Waals surface area contributed by atoms with Gasteiger partial charge in [-0.3, -0.25) is 39.1 Å². The molecule has 5 rings (SSSR count). The monoisotopic (exact) mass is 568 g/mol. The van der Waals surface area contributed by atoms with Crippen molar-refractivity contribution in [2.45, 2.75) is 57.7 Å². The quantitative estimate of drug-likeness (QED) is 0.480. The molecule has 2 N–H and O–H groups in total. The second-order valence-electron chi connectivity index (χ2n) is 11.9. The fourth-order valence-corrected chi connectivity index (χ4v) is 5.69. The van der Waals surface area contributed by atoms with Gasteiger partial charge in [-0.25, -0.2) is 4.79 Å². The minimum absolute atomic E-state index is 0.0159. The largest absolute Gasteiger partial charge is 0.444 e. The number of alkyl carbamates (subject to hydrolysis) is 1. The summed E-state index contributed by atoms with van der Waals surface area (Å²) in [6.45, 7) is 9.29. The number of carbonyl (C=O) groups is 6. The van der Waals surface area contributed by atoms with Crippen molar-refractivity contribution < 1.29 is 33.5 Å². The van der Waals surface area contributed by atoms with Crippen LogP contribution in [0.1, 0.15) is 60.7 Å². The zero-order chi connectivity index (χ0) is 29.5. The van der Waals surface area contributed by atoms with E-state index in [1.165, 1.54) is 0 Å². The number of fused-ring (bicyclic) bond motifs is 1. The first-order valence-electron chi connectivity index (χ1n) is 14.0. The lowest BCUT2D eigenvalue weighted by Gasteiger charge is -2.36. The standard InChI is InChI=1S/C28H36N6O7/c1-28(2,3)41-27(40)29-17-8-9-33(15-17)23(36)16-31-10-12-32(13-11-31)18-4-5-19-20(14-18)26(39)34(25(19)38)21-6-7-22(35)30-24(21)37/h4-5,14,17,21H,6-13,15-16H2,1-3H3,(H,29,40)(H,30,35,37)/t17-,21?/m0/s1. The molecule has 41 heavy (non-hydrogen) atoms. The van der Waals surface area contributed by atoms with E-state index < -0.39 is 41.4 Å². The summed E-state index contributed by atoms with van der Waals surface area (Å²) in [5.41, 5.74) is 0.705. The molecule has 1 aromatic carbocycles. The summed E-state index contributed by atoms with van der Waals surface area (Å²) in [7, 11) is 0. The van der Waals surface area contributed by atoms with Crippen molar-refractivity contribution in [2.75, 3.05) is 50.7 Å². The number of likely N-dealkylation sites (tertiary alicyclic amines) is 1. The summed E-state index contributed by atoms with van der Waals surface area (Å²) < 4.78 is 5.31. The maximum absolute atomic E-state index is 13.2. The SMILES string of the molecule is CC(C)(C)OC(=O)N[C@H]1CCN(C(=O)CN2CCN(c3ccc4c(c3)C(=O)N(C3CCC(=O)NC3=O)C4=O)CC2)C1. The number of imide groups is 2. The third-order valence-corrected chi connectivity index (χ3v) is 7.78. The predicted molar refractivity (Wildman–Crippen MR) is 146 cm³/mol. The third kappa shape index (κ3) is 6.19. The van der Waals surface area contributed by atoms with E-state index in [9.17, 15) is 28.8 Å². The lowest BCUT2D eigenvalue weighted by atomic mass is 10.0. The average Bonchev–Trinajstić information content (AvgIpc) is 3.46. The van der Waals surface area contributed by atoms with Crippen LogP contribution in [0, 0.1) is 0 Å². The Balaban J connectivity index is 1.12. The van der Waals surface area contributed by atoms with Crippen molar-refractivity contribution in [2.24, 2.45) is 0 Å². The molecule has 220 valence electrons. The second kappa shape index (κ2) is 11.1. The molecule has 0 radical (unpaired) electrons. The molecule has 0 aromatic heterocycles. The van der Waals surface area contributed by atoms with Gasteiger partial charge in [0, 0.05) is 51.4 Å². The van der Waals surface area contributed by atoms with Crippen LogP contribution < -0.4 is 15.5 Å². The highest BCUT2D eigenvalue weighted by Crippen LogP contribution is 2.31. The lowest BCUT2D eigenvalue weighted by Crippen LogP contribution is -2.54. The van der Waals surface area contributed by atoms with E-state index in [1.54, 1.807) is 43.9 Å². The predicted octanol–water partition coefficient (Wildman–Crippen LogP) is 0.335. The van der Waals surface area contributed by atoms with Crippen molar-refractivity contribution in [1.29, 1.82) is 0 Å². The van der Waals surface area contributed by atoms with Gasteiger partial charge in [0.15, 0.2) is 0 Å². The summed E-state index contributed by atoms with van der Waals surface area (Å²) in [6, 6.07) is 3.96. The van der Waals surface area contributed by atoms with Gasteiger partial charge < -0.3 is 19.9 Å². The Labute approximate surface area is 238 Å². The van der Waals surface area contributed by atoms with Gasteiger partial charge in [0.2, 0.25) is 17.7 Å². The molecule has 0 bridgehead atoms. The molecule has 0 spiro atoms. The van der Waals surface area contributed by atoms with Crippen LogP contribution in [-0.2, 0) is 19.1 Å². The molecule has 3 fully saturated rings. The number of carbonyl (C=O) groups excluding carboxylic acids is 6. The number of hydrogen-bond acceptors (Lipinski definition) is 9. The Morgan fingerprint density at radius 3 is 2.37 bits per heavy atom. The number of nitrogens with zero attached hydrogens (tertiary/aromatic N) is 4. The highest BCUT2D eigenvalue weighted by molar-refractivity contribution is 6.23. The van der Waals surface area contributed by atoms with Crippen molar-refractivity contribution >= 4 is 41.3 Å². The molecule has 1 aromatic rings. The van der Waals surface area contributed by atoms with Crippen molar-refractivity contribution in [1.82, 2.24) is 25.3 Å². The average molecular weight is 569 g/mol. The molecule has 6 amide bonds. The Hall–Kier alpha value is -4.00. The van der Waals surface area contributed by atoms with E-state index >= 15 is 0 Å². The van der Waals surface area contributed by atoms with E-state index in [0.717, 1.165) is 10.6 Å². The molecule has 2 atom stereocenters. The molecular formula is C28H36N6O7. The molecule has 4 aliphatic heterocycles. The number of piperazine rings is 1. The Morgan fingerprint density at radius 2 is 1.68 bits per heavy atom. The van der Waals surface area contributed by atoms with Crippen LogP contribution in [0.25, 0.3) is 0 Å². The van der Waals surface area contributed by atoms with Crippen molar-refractivity contribution in [3.63, 3.8) is 0 Å². The minimum atomic E-state index is -0.997. The minimum Gasteiger partial charge on any atom is -0.444 e. The van der Waals surface area contributed by atoms with Crippen molar-refractivity contribution in [3.8, 4) is 0 Å². The molecule has 4 heterocycles. The Bertz CT molecular complexity index is 1280. The molecule has 1 unspecified atom stereocenters. The van der Waals surface area contributed by atoms with Gasteiger partial charge in [-0.1, -0.05) is 0 Å². The third-order valence-electron chi connectivity index (χ3n) is 7.78. The van der Waals surface area contributed by atoms with E-state index in [1.807, 2.05) is 0 Å². The summed E-state index contributed by atoms with van der Waals surface area (Å²) in [4.78, 5) is 81.8. The van der Waals surface area contributed by atoms with Gasteiger partial charge in [0.1, 0.15) is 11.6 Å². The molecule has 0 aliphatic carbocycles. The zero-order valence-corrected chi connectivity index (χ0v) is 23.6. The number of piperidine rings is 1. The summed E-state index contributed by atoms with van der Waals surface area (Å²) in [5, 5.41) is 5.04. The van der Waals surface area contributed by atoms with Gasteiger partial charge >= 0.3 is 6.09 Å². The number of rotatable bonds is 5. The maximum Gasteiger partial charge on any atom is 0.407 e. The van der Waals surface area contributed by atoms with Gasteiger partial charge in [-0.15, -0.1) is 0 Å². The van der Waals surface area contributed by atoms with Crippen LogP contribution in [0.3, 0.4) is 0 Å². The number of nitrogens with one attached hydrogen (secondary N) is 2. The van der Waals surface area contributed by atoms with Crippen LogP contribution >= 0.6 is 0 Å². The van der Waals surface area contributed by atoms with Gasteiger partial charge in [-0.2, -0.15) is 0 Å². The van der Waals surface area contributed by atoms with Crippen LogP contribution in [0.5, 0.6) is 0 Å². The highest BCUT2D eigenvalue weighted by Gasteiger charge is 2.44. The fraction of sp³-hybridized carbons (Fsp3) is 0.571. The fourth-order valence-electron chi connectivity index (χ4n) is 5.69. The van der Waals surface area contributed by atoms with E-state index in [0.29, 0.717) is 45.7 Å². The number of hydrogen-bond donors (Lipinski definition) is 2. The Morgan fingerprint density at radius 1 is 0.976 bits per heavy atom. The van der Waals surface area contributed by atoms with Gasteiger partial charge in [0.05, 0.1) is 23.7 Å².